The molecule has 1 nitrogen and oxygen atoms in total. The molecule has 0 aromatic heterocycles. The molecule has 0 aromatic rings. The standard InChI is InChI=1S/C11H12O.C2H6/c1-4-7-10(5-2)8-9-11(12)6-3;1-2/h3-5,7-9,11-12H,1-2H2;1-2H3/b9-8+,10-7+;. The van der Waals surface area contributed by atoms with Crippen LogP contribution in [0.2, 0.25) is 0 Å². The third-order valence-electron chi connectivity index (χ3n) is 1.19. The molecule has 0 aliphatic heterocycles. The summed E-state index contributed by atoms with van der Waals surface area (Å²) >= 11 is 0. The van der Waals surface area contributed by atoms with E-state index in [1.165, 1.54) is 6.08 Å². The number of hydrogen-bond donors (Lipinski definition) is 1. The van der Waals surface area contributed by atoms with Crippen molar-refractivity contribution in [3.8, 4) is 12.3 Å². The highest BCUT2D eigenvalue weighted by atomic mass is 16.3. The van der Waals surface area contributed by atoms with Crippen LogP contribution in [0.4, 0.5) is 0 Å². The zero-order valence-electron chi connectivity index (χ0n) is 8.90. The van der Waals surface area contributed by atoms with Crippen LogP contribution < -0.4 is 0 Å². The Morgan fingerprint density at radius 3 is 2.36 bits per heavy atom. The molecule has 0 spiro atoms. The number of rotatable bonds is 4. The van der Waals surface area contributed by atoms with E-state index in [0.717, 1.165) is 5.57 Å². The third kappa shape index (κ3) is 8.58. The SMILES string of the molecule is C#CC(O)/C=C/C(C=C)=C/C=C.CC. The molecule has 1 atom stereocenters. The number of terminal acetylenes is 1. The van der Waals surface area contributed by atoms with Gasteiger partial charge in [0.05, 0.1) is 0 Å². The second-order valence-corrected chi connectivity index (χ2v) is 2.08. The zero-order chi connectivity index (χ0) is 11.4. The molecule has 0 rings (SSSR count). The van der Waals surface area contributed by atoms with Gasteiger partial charge in [0.25, 0.3) is 0 Å². The van der Waals surface area contributed by atoms with E-state index in [0.29, 0.717) is 0 Å². The molecular formula is C13H18O. The highest BCUT2D eigenvalue weighted by molar-refractivity contribution is 5.33. The molecule has 0 fully saturated rings. The summed E-state index contributed by atoms with van der Waals surface area (Å²) in [5.41, 5.74) is 0.860. The summed E-state index contributed by atoms with van der Waals surface area (Å²) in [4.78, 5) is 0. The number of allylic oxidation sites excluding steroid dienone is 5. The van der Waals surface area contributed by atoms with Gasteiger partial charge in [-0.25, -0.2) is 0 Å². The summed E-state index contributed by atoms with van der Waals surface area (Å²) in [7, 11) is 0. The number of aliphatic hydroxyl groups is 1. The molecule has 1 heteroatoms. The minimum atomic E-state index is -0.835. The molecule has 0 saturated carbocycles. The van der Waals surface area contributed by atoms with Crippen LogP contribution >= 0.6 is 0 Å². The molecule has 0 saturated heterocycles. The molecular weight excluding hydrogens is 172 g/mol. The van der Waals surface area contributed by atoms with Gasteiger partial charge in [0.15, 0.2) is 0 Å². The van der Waals surface area contributed by atoms with Gasteiger partial charge < -0.3 is 5.11 Å². The predicted octanol–water partition coefficient (Wildman–Crippen LogP) is 2.86. The maximum Gasteiger partial charge on any atom is 0.133 e. The summed E-state index contributed by atoms with van der Waals surface area (Å²) in [6.45, 7) is 11.1. The second-order valence-electron chi connectivity index (χ2n) is 2.08. The average Bonchev–Trinajstić information content (AvgIpc) is 2.26. The third-order valence-corrected chi connectivity index (χ3v) is 1.19. The van der Waals surface area contributed by atoms with Crippen molar-refractivity contribution in [1.29, 1.82) is 0 Å². The van der Waals surface area contributed by atoms with E-state index in [9.17, 15) is 0 Å². The first kappa shape index (κ1) is 15.0. The Morgan fingerprint density at radius 1 is 1.43 bits per heavy atom. The summed E-state index contributed by atoms with van der Waals surface area (Å²) in [6.07, 6.45) is 12.4. The fraction of sp³-hybridized carbons (Fsp3) is 0.231. The molecule has 0 heterocycles. The minimum absolute atomic E-state index is 0.835. The first-order chi connectivity index (χ1) is 6.74. The predicted molar refractivity (Wildman–Crippen MR) is 63.8 cm³/mol. The summed E-state index contributed by atoms with van der Waals surface area (Å²) in [5.74, 6) is 2.17. The minimum Gasteiger partial charge on any atom is -0.377 e. The normalized spacial score (nSPS) is 12.3. The molecule has 0 aliphatic rings. The van der Waals surface area contributed by atoms with Crippen LogP contribution in [0, 0.1) is 12.3 Å². The zero-order valence-corrected chi connectivity index (χ0v) is 8.90. The molecule has 0 aliphatic carbocycles. The molecule has 76 valence electrons. The van der Waals surface area contributed by atoms with E-state index in [1.54, 1.807) is 24.3 Å². The van der Waals surface area contributed by atoms with Gasteiger partial charge in [-0.3, -0.25) is 0 Å². The van der Waals surface area contributed by atoms with Crippen LogP contribution in [-0.2, 0) is 0 Å². The lowest BCUT2D eigenvalue weighted by Crippen LogP contribution is -1.95. The van der Waals surface area contributed by atoms with Crippen molar-refractivity contribution in [2.45, 2.75) is 20.0 Å². The average molecular weight is 190 g/mol. The van der Waals surface area contributed by atoms with Crippen molar-refractivity contribution in [2.24, 2.45) is 0 Å². The highest BCUT2D eigenvalue weighted by Crippen LogP contribution is 1.99. The largest absolute Gasteiger partial charge is 0.377 e. The Balaban J connectivity index is 0. The van der Waals surface area contributed by atoms with Crippen LogP contribution in [-0.4, -0.2) is 11.2 Å². The van der Waals surface area contributed by atoms with E-state index in [2.05, 4.69) is 19.1 Å². The maximum atomic E-state index is 8.96. The highest BCUT2D eigenvalue weighted by Gasteiger charge is 1.88. The van der Waals surface area contributed by atoms with Gasteiger partial charge in [0.1, 0.15) is 6.10 Å². The summed E-state index contributed by atoms with van der Waals surface area (Å²) in [6, 6.07) is 0. The van der Waals surface area contributed by atoms with Crippen LogP contribution in [0.25, 0.3) is 0 Å². The molecule has 0 aromatic carbocycles. The fourth-order valence-corrected chi connectivity index (χ4v) is 0.586. The molecule has 0 radical (unpaired) electrons. The Bertz CT molecular complexity index is 251. The van der Waals surface area contributed by atoms with Gasteiger partial charge in [-0.05, 0) is 11.6 Å². The van der Waals surface area contributed by atoms with Crippen molar-refractivity contribution in [1.82, 2.24) is 0 Å². The van der Waals surface area contributed by atoms with E-state index in [1.807, 2.05) is 13.8 Å². The van der Waals surface area contributed by atoms with Crippen LogP contribution in [0.5, 0.6) is 0 Å². The molecule has 0 bridgehead atoms. The van der Waals surface area contributed by atoms with E-state index in [-0.39, 0.29) is 0 Å². The lowest BCUT2D eigenvalue weighted by molar-refractivity contribution is 0.281. The lowest BCUT2D eigenvalue weighted by Gasteiger charge is -1.93. The number of hydrogen-bond acceptors (Lipinski definition) is 1. The molecule has 1 N–H and O–H groups in total. The lowest BCUT2D eigenvalue weighted by atomic mass is 10.2. The van der Waals surface area contributed by atoms with E-state index in [4.69, 9.17) is 11.5 Å². The number of aliphatic hydroxyl groups excluding tert-OH is 1. The smallest absolute Gasteiger partial charge is 0.133 e. The first-order valence-electron chi connectivity index (χ1n) is 4.52. The van der Waals surface area contributed by atoms with Crippen LogP contribution in [0.15, 0.2) is 49.1 Å². The van der Waals surface area contributed by atoms with E-state index < -0.39 is 6.10 Å². The molecule has 0 amide bonds. The first-order valence-corrected chi connectivity index (χ1v) is 4.52. The van der Waals surface area contributed by atoms with E-state index >= 15 is 0 Å². The van der Waals surface area contributed by atoms with Crippen molar-refractivity contribution in [2.75, 3.05) is 0 Å². The van der Waals surface area contributed by atoms with Crippen LogP contribution in [0.3, 0.4) is 0 Å². The van der Waals surface area contributed by atoms with Gasteiger partial charge in [0.2, 0.25) is 0 Å². The topological polar surface area (TPSA) is 20.2 Å². The van der Waals surface area contributed by atoms with Gasteiger partial charge in [-0.15, -0.1) is 6.42 Å². The Hall–Kier alpha value is -1.52. The molecule has 14 heavy (non-hydrogen) atoms. The van der Waals surface area contributed by atoms with Gasteiger partial charge in [-0.2, -0.15) is 0 Å². The van der Waals surface area contributed by atoms with Crippen LogP contribution in [0.1, 0.15) is 13.8 Å². The monoisotopic (exact) mass is 190 g/mol. The maximum absolute atomic E-state index is 8.96. The van der Waals surface area contributed by atoms with Gasteiger partial charge >= 0.3 is 0 Å². The summed E-state index contributed by atoms with van der Waals surface area (Å²) < 4.78 is 0. The van der Waals surface area contributed by atoms with Gasteiger partial charge in [0, 0.05) is 0 Å². The quantitative estimate of drug-likeness (QED) is 0.534. The van der Waals surface area contributed by atoms with Crippen molar-refractivity contribution in [3.63, 3.8) is 0 Å². The van der Waals surface area contributed by atoms with Crippen molar-refractivity contribution < 1.29 is 5.11 Å². The Kier molecular flexibility index (Phi) is 12.3. The van der Waals surface area contributed by atoms with Crippen molar-refractivity contribution in [3.05, 3.63) is 49.1 Å². The second kappa shape index (κ2) is 11.5. The molecule has 1 unspecified atom stereocenters. The fourth-order valence-electron chi connectivity index (χ4n) is 0.586. The van der Waals surface area contributed by atoms with Gasteiger partial charge in [-0.1, -0.05) is 57.2 Å². The summed E-state index contributed by atoms with van der Waals surface area (Å²) in [5, 5.41) is 8.96. The Morgan fingerprint density at radius 2 is 2.00 bits per heavy atom. The Labute approximate surface area is 87.2 Å². The van der Waals surface area contributed by atoms with Crippen molar-refractivity contribution >= 4 is 0 Å².